The molecule has 0 bridgehead atoms. The summed E-state index contributed by atoms with van der Waals surface area (Å²) in [5.41, 5.74) is 1.75. The van der Waals surface area contributed by atoms with Crippen LogP contribution in [0.25, 0.3) is 0 Å². The van der Waals surface area contributed by atoms with E-state index >= 15 is 0 Å². The first-order valence-electron chi connectivity index (χ1n) is 11.9. The molecule has 2 fully saturated rings. The van der Waals surface area contributed by atoms with Gasteiger partial charge >= 0.3 is 0 Å². The van der Waals surface area contributed by atoms with Crippen LogP contribution < -0.4 is 9.47 Å². The molecule has 0 aromatic heterocycles. The van der Waals surface area contributed by atoms with E-state index in [1.165, 1.54) is 0 Å². The molecule has 0 N–H and O–H groups in total. The van der Waals surface area contributed by atoms with Crippen molar-refractivity contribution in [1.82, 2.24) is 9.80 Å². The molecule has 8 nitrogen and oxygen atoms in total. The van der Waals surface area contributed by atoms with E-state index in [9.17, 15) is 13.2 Å². The maximum Gasteiger partial charge on any atom is 0.285 e. The molecule has 178 valence electrons. The molecular formula is C25H27N3O5S. The maximum atomic E-state index is 13.5. The van der Waals surface area contributed by atoms with Gasteiger partial charge in [-0.15, -0.1) is 4.40 Å². The number of hydrogen-bond acceptors (Lipinski definition) is 6. The number of piperidine rings is 1. The van der Waals surface area contributed by atoms with Crippen LogP contribution in [-0.2, 0) is 14.8 Å². The Morgan fingerprint density at radius 2 is 1.71 bits per heavy atom. The average molecular weight is 482 g/mol. The van der Waals surface area contributed by atoms with Crippen LogP contribution >= 0.6 is 0 Å². The van der Waals surface area contributed by atoms with Crippen molar-refractivity contribution in [3.63, 3.8) is 0 Å². The van der Waals surface area contributed by atoms with E-state index in [2.05, 4.69) is 4.40 Å². The second-order valence-electron chi connectivity index (χ2n) is 9.24. The first-order valence-corrected chi connectivity index (χ1v) is 13.3. The number of amides is 1. The summed E-state index contributed by atoms with van der Waals surface area (Å²) in [5.74, 6) is 2.15. The van der Waals surface area contributed by atoms with Crippen molar-refractivity contribution < 1.29 is 22.7 Å². The Morgan fingerprint density at radius 3 is 2.53 bits per heavy atom. The normalized spacial score (nSPS) is 23.5. The standard InChI is InChI=1S/C25H27N3O5S/c29-25(28-11-3-5-20(28)18-7-8-21-22(16-18)33-15-14-32-21)17-9-12-27(13-10-17)24-19-4-1-2-6-23(19)34(30,31)26-24/h1-2,4,6-8,16-17,20H,3,5,9-15H2. The summed E-state index contributed by atoms with van der Waals surface area (Å²) in [5, 5.41) is 0. The Kier molecular flexibility index (Phi) is 5.24. The first-order chi connectivity index (χ1) is 16.5. The second kappa shape index (κ2) is 8.30. The SMILES string of the molecule is O=C(C1CCN(C2=NS(=O)(=O)c3ccccc32)CC1)N1CCCC1c1ccc2c(c1)OCCO2. The molecule has 2 saturated heterocycles. The van der Waals surface area contributed by atoms with Crippen LogP contribution in [0.3, 0.4) is 0 Å². The fourth-order valence-electron chi connectivity index (χ4n) is 5.53. The van der Waals surface area contributed by atoms with Crippen molar-refractivity contribution in [2.75, 3.05) is 32.8 Å². The van der Waals surface area contributed by atoms with Gasteiger partial charge < -0.3 is 19.3 Å². The highest BCUT2D eigenvalue weighted by Crippen LogP contribution is 2.39. The van der Waals surface area contributed by atoms with Gasteiger partial charge in [0.1, 0.15) is 18.1 Å². The number of amidine groups is 1. The Balaban J connectivity index is 1.15. The zero-order valence-electron chi connectivity index (χ0n) is 18.9. The maximum absolute atomic E-state index is 13.5. The summed E-state index contributed by atoms with van der Waals surface area (Å²) in [6.07, 6.45) is 3.29. The van der Waals surface area contributed by atoms with Gasteiger partial charge in [-0.3, -0.25) is 4.79 Å². The van der Waals surface area contributed by atoms with E-state index < -0.39 is 10.0 Å². The van der Waals surface area contributed by atoms with E-state index in [1.54, 1.807) is 18.2 Å². The number of sulfonamides is 1. The topological polar surface area (TPSA) is 88.5 Å². The van der Waals surface area contributed by atoms with Crippen molar-refractivity contribution in [3.8, 4) is 11.5 Å². The van der Waals surface area contributed by atoms with Crippen molar-refractivity contribution >= 4 is 21.8 Å². The van der Waals surface area contributed by atoms with Gasteiger partial charge in [0.2, 0.25) is 5.91 Å². The zero-order chi connectivity index (χ0) is 23.3. The molecule has 0 aliphatic carbocycles. The van der Waals surface area contributed by atoms with Crippen LogP contribution in [0.15, 0.2) is 51.8 Å². The molecule has 0 radical (unpaired) electrons. The fraction of sp³-hybridized carbons (Fsp3) is 0.440. The number of ether oxygens (including phenoxy) is 2. The van der Waals surface area contributed by atoms with Crippen LogP contribution in [-0.4, -0.2) is 62.8 Å². The van der Waals surface area contributed by atoms with Crippen molar-refractivity contribution in [2.24, 2.45) is 10.3 Å². The molecule has 1 amide bonds. The van der Waals surface area contributed by atoms with E-state index in [4.69, 9.17) is 9.47 Å². The van der Waals surface area contributed by atoms with Crippen molar-refractivity contribution in [2.45, 2.75) is 36.6 Å². The third kappa shape index (κ3) is 3.62. The lowest BCUT2D eigenvalue weighted by molar-refractivity contribution is -0.137. The van der Waals surface area contributed by atoms with Gasteiger partial charge in [0.25, 0.3) is 10.0 Å². The lowest BCUT2D eigenvalue weighted by Crippen LogP contribution is -2.44. The molecule has 1 atom stereocenters. The molecule has 2 aromatic rings. The molecule has 0 spiro atoms. The lowest BCUT2D eigenvalue weighted by Gasteiger charge is -2.36. The third-order valence-corrected chi connectivity index (χ3v) is 8.57. The number of fused-ring (bicyclic) bond motifs is 2. The fourth-order valence-corrected chi connectivity index (χ4v) is 6.76. The summed E-state index contributed by atoms with van der Waals surface area (Å²) >= 11 is 0. The van der Waals surface area contributed by atoms with E-state index in [0.717, 1.165) is 36.4 Å². The largest absolute Gasteiger partial charge is 0.486 e. The minimum absolute atomic E-state index is 0.0533. The summed E-state index contributed by atoms with van der Waals surface area (Å²) in [7, 11) is -3.64. The molecule has 9 heteroatoms. The molecule has 4 aliphatic heterocycles. The molecule has 34 heavy (non-hydrogen) atoms. The molecule has 1 unspecified atom stereocenters. The van der Waals surface area contributed by atoms with Crippen molar-refractivity contribution in [1.29, 1.82) is 0 Å². The van der Waals surface area contributed by atoms with Gasteiger partial charge in [0, 0.05) is 31.1 Å². The molecule has 0 saturated carbocycles. The minimum Gasteiger partial charge on any atom is -0.486 e. The number of benzene rings is 2. The van der Waals surface area contributed by atoms with Crippen molar-refractivity contribution in [3.05, 3.63) is 53.6 Å². The summed E-state index contributed by atoms with van der Waals surface area (Å²) in [6, 6.07) is 13.0. The highest BCUT2D eigenvalue weighted by Gasteiger charge is 2.38. The number of likely N-dealkylation sites (tertiary alicyclic amines) is 2. The minimum atomic E-state index is -3.64. The van der Waals surface area contributed by atoms with Gasteiger partial charge in [-0.25, -0.2) is 0 Å². The van der Waals surface area contributed by atoms with Crippen LogP contribution in [0.2, 0.25) is 0 Å². The van der Waals surface area contributed by atoms with E-state index in [-0.39, 0.29) is 22.8 Å². The predicted molar refractivity (Wildman–Crippen MR) is 126 cm³/mol. The van der Waals surface area contributed by atoms with Gasteiger partial charge in [-0.2, -0.15) is 8.42 Å². The number of carbonyl (C=O) groups excluding carboxylic acids is 1. The highest BCUT2D eigenvalue weighted by atomic mass is 32.2. The highest BCUT2D eigenvalue weighted by molar-refractivity contribution is 7.90. The van der Waals surface area contributed by atoms with Gasteiger partial charge in [0.15, 0.2) is 17.3 Å². The third-order valence-electron chi connectivity index (χ3n) is 7.24. The second-order valence-corrected chi connectivity index (χ2v) is 10.8. The number of nitrogens with zero attached hydrogens (tertiary/aromatic N) is 3. The van der Waals surface area contributed by atoms with E-state index in [0.29, 0.717) is 50.5 Å². The molecule has 6 rings (SSSR count). The number of hydrogen-bond donors (Lipinski definition) is 0. The monoisotopic (exact) mass is 481 g/mol. The Morgan fingerprint density at radius 1 is 0.941 bits per heavy atom. The van der Waals surface area contributed by atoms with Crippen LogP contribution in [0.1, 0.15) is 42.9 Å². The first kappa shape index (κ1) is 21.5. The Hall–Kier alpha value is -3.07. The zero-order valence-corrected chi connectivity index (χ0v) is 19.7. The summed E-state index contributed by atoms with van der Waals surface area (Å²) in [4.78, 5) is 17.8. The lowest BCUT2D eigenvalue weighted by atomic mass is 9.93. The predicted octanol–water partition coefficient (Wildman–Crippen LogP) is 2.98. The molecule has 2 aromatic carbocycles. The smallest absolute Gasteiger partial charge is 0.285 e. The Bertz CT molecular complexity index is 1270. The number of carbonyl (C=O) groups is 1. The Labute approximate surface area is 199 Å². The quantitative estimate of drug-likeness (QED) is 0.655. The molecule has 4 heterocycles. The van der Waals surface area contributed by atoms with Gasteiger partial charge in [-0.05, 0) is 55.5 Å². The molecule has 4 aliphatic rings. The van der Waals surface area contributed by atoms with Gasteiger partial charge in [-0.1, -0.05) is 18.2 Å². The van der Waals surface area contributed by atoms with E-state index in [1.807, 2.05) is 34.1 Å². The average Bonchev–Trinajstić information content (AvgIpc) is 3.46. The van der Waals surface area contributed by atoms with Crippen LogP contribution in [0.4, 0.5) is 0 Å². The summed E-state index contributed by atoms with van der Waals surface area (Å²) in [6.45, 7) is 3.09. The van der Waals surface area contributed by atoms with Gasteiger partial charge in [0.05, 0.1) is 6.04 Å². The van der Waals surface area contributed by atoms with Crippen LogP contribution in [0, 0.1) is 5.92 Å². The molecular weight excluding hydrogens is 454 g/mol. The van der Waals surface area contributed by atoms with Crippen LogP contribution in [0.5, 0.6) is 11.5 Å². The number of rotatable bonds is 2. The summed E-state index contributed by atoms with van der Waals surface area (Å²) < 4.78 is 40.3.